The Bertz CT molecular complexity index is 1310. The third-order valence-corrected chi connectivity index (χ3v) is 5.58. The summed E-state index contributed by atoms with van der Waals surface area (Å²) in [7, 11) is 0. The van der Waals surface area contributed by atoms with Crippen molar-refractivity contribution in [2.75, 3.05) is 11.4 Å². The van der Waals surface area contributed by atoms with Gasteiger partial charge in [-0.2, -0.15) is 0 Å². The molecule has 0 spiro atoms. The van der Waals surface area contributed by atoms with Gasteiger partial charge in [0, 0.05) is 11.3 Å². The highest BCUT2D eigenvalue weighted by atomic mass is 16.5. The summed E-state index contributed by atoms with van der Waals surface area (Å²) in [4.78, 5) is 27.4. The van der Waals surface area contributed by atoms with Gasteiger partial charge in [-0.15, -0.1) is 0 Å². The molecule has 4 aromatic carbocycles. The fourth-order valence-electron chi connectivity index (χ4n) is 3.94. The van der Waals surface area contributed by atoms with E-state index in [0.717, 1.165) is 22.4 Å². The minimum absolute atomic E-state index is 0.0184. The molecule has 0 radical (unpaired) electrons. The molecule has 156 valence electrons. The van der Waals surface area contributed by atoms with Crippen LogP contribution in [-0.2, 0) is 0 Å². The van der Waals surface area contributed by atoms with Gasteiger partial charge in [0.25, 0.3) is 5.91 Å². The Balaban J connectivity index is 1.38. The van der Waals surface area contributed by atoms with Crippen LogP contribution in [0, 0.1) is 6.92 Å². The lowest BCUT2D eigenvalue weighted by Gasteiger charge is -2.28. The van der Waals surface area contributed by atoms with Crippen molar-refractivity contribution in [3.8, 4) is 22.6 Å². The van der Waals surface area contributed by atoms with Gasteiger partial charge >= 0.3 is 0 Å². The first-order valence-electron chi connectivity index (χ1n) is 10.5. The highest BCUT2D eigenvalue weighted by molar-refractivity contribution is 6.21. The third-order valence-electron chi connectivity index (χ3n) is 5.58. The number of Topliss-reactive ketones (excluding diaryl/α,β-unsaturated/α-hetero) is 1. The summed E-state index contributed by atoms with van der Waals surface area (Å²) in [6.07, 6.45) is 0. The van der Waals surface area contributed by atoms with Crippen LogP contribution < -0.4 is 9.64 Å². The van der Waals surface area contributed by atoms with E-state index in [0.29, 0.717) is 22.6 Å². The lowest BCUT2D eigenvalue weighted by atomic mass is 9.97. The van der Waals surface area contributed by atoms with E-state index < -0.39 is 0 Å². The van der Waals surface area contributed by atoms with Crippen molar-refractivity contribution in [1.82, 2.24) is 0 Å². The number of aryl methyl sites for hydroxylation is 1. The number of nitrogens with zero attached hydrogens (tertiary/aromatic N) is 1. The zero-order valence-corrected chi connectivity index (χ0v) is 17.6. The Kier molecular flexibility index (Phi) is 5.04. The maximum atomic E-state index is 13.0. The van der Waals surface area contributed by atoms with Crippen molar-refractivity contribution in [2.24, 2.45) is 0 Å². The quantitative estimate of drug-likeness (QED) is 0.390. The van der Waals surface area contributed by atoms with Crippen LogP contribution in [0.15, 0.2) is 97.1 Å². The molecular formula is C28H21NO3. The molecule has 0 fully saturated rings. The minimum Gasteiger partial charge on any atom is -0.457 e. The summed E-state index contributed by atoms with van der Waals surface area (Å²) in [6, 6.07) is 30.6. The van der Waals surface area contributed by atoms with Crippen molar-refractivity contribution in [1.29, 1.82) is 0 Å². The zero-order chi connectivity index (χ0) is 22.1. The fourth-order valence-corrected chi connectivity index (χ4v) is 3.94. The molecule has 0 bridgehead atoms. The normalized spacial score (nSPS) is 13.1. The van der Waals surface area contributed by atoms with E-state index in [4.69, 9.17) is 4.74 Å². The Morgan fingerprint density at radius 1 is 0.688 bits per heavy atom. The van der Waals surface area contributed by atoms with Gasteiger partial charge in [0.2, 0.25) is 0 Å². The highest BCUT2D eigenvalue weighted by Gasteiger charge is 2.31. The fraction of sp³-hybridized carbons (Fsp3) is 0.0714. The number of amides is 1. The van der Waals surface area contributed by atoms with E-state index in [1.807, 2.05) is 73.7 Å². The maximum absolute atomic E-state index is 13.0. The molecule has 4 aromatic rings. The summed E-state index contributed by atoms with van der Waals surface area (Å²) < 4.78 is 5.97. The standard InChI is InChI=1S/C28H21NO3/c1-19-6-5-9-22(16-19)29-18-27(30)26-17-24(14-15-25(26)28(29)31)32-23-12-10-21(11-13-23)20-7-3-2-4-8-20/h2-17H,18H2,1H3. The van der Waals surface area contributed by atoms with E-state index in [-0.39, 0.29) is 18.2 Å². The Morgan fingerprint density at radius 3 is 2.16 bits per heavy atom. The van der Waals surface area contributed by atoms with Gasteiger partial charge in [0.05, 0.1) is 12.1 Å². The average molecular weight is 419 g/mol. The topological polar surface area (TPSA) is 46.6 Å². The number of hydrogen-bond donors (Lipinski definition) is 0. The Labute approximate surface area is 186 Å². The highest BCUT2D eigenvalue weighted by Crippen LogP contribution is 2.31. The molecule has 1 aliphatic heterocycles. The lowest BCUT2D eigenvalue weighted by Crippen LogP contribution is -2.41. The molecule has 1 heterocycles. The predicted molar refractivity (Wildman–Crippen MR) is 126 cm³/mol. The molecule has 0 aromatic heterocycles. The number of fused-ring (bicyclic) bond motifs is 1. The predicted octanol–water partition coefficient (Wildman–Crippen LogP) is 6.30. The Hall–Kier alpha value is -4.18. The summed E-state index contributed by atoms with van der Waals surface area (Å²) in [5.74, 6) is 0.914. The van der Waals surface area contributed by atoms with Gasteiger partial charge in [-0.3, -0.25) is 9.59 Å². The van der Waals surface area contributed by atoms with E-state index in [1.165, 1.54) is 4.90 Å². The molecule has 0 saturated heterocycles. The van der Waals surface area contributed by atoms with Crippen LogP contribution in [0.3, 0.4) is 0 Å². The number of anilines is 1. The Morgan fingerprint density at radius 2 is 1.41 bits per heavy atom. The molecule has 0 aliphatic carbocycles. The molecule has 1 aliphatic rings. The smallest absolute Gasteiger partial charge is 0.259 e. The van der Waals surface area contributed by atoms with Gasteiger partial charge < -0.3 is 9.64 Å². The van der Waals surface area contributed by atoms with Crippen LogP contribution in [0.4, 0.5) is 5.69 Å². The van der Waals surface area contributed by atoms with Crippen LogP contribution >= 0.6 is 0 Å². The number of carbonyl (C=O) groups is 2. The molecule has 4 heteroatoms. The van der Waals surface area contributed by atoms with Gasteiger partial charge in [-0.05, 0) is 66.1 Å². The molecule has 5 rings (SSSR count). The summed E-state index contributed by atoms with van der Waals surface area (Å²) in [5.41, 5.74) is 4.80. The SMILES string of the molecule is Cc1cccc(N2CC(=O)c3cc(Oc4ccc(-c5ccccc5)cc4)ccc3C2=O)c1. The van der Waals surface area contributed by atoms with E-state index >= 15 is 0 Å². The molecule has 0 saturated carbocycles. The molecule has 0 atom stereocenters. The maximum Gasteiger partial charge on any atom is 0.259 e. The monoisotopic (exact) mass is 419 g/mol. The van der Waals surface area contributed by atoms with E-state index in [9.17, 15) is 9.59 Å². The molecule has 0 N–H and O–H groups in total. The van der Waals surface area contributed by atoms with Gasteiger partial charge in [0.1, 0.15) is 11.5 Å². The van der Waals surface area contributed by atoms with Crippen molar-refractivity contribution in [2.45, 2.75) is 6.92 Å². The van der Waals surface area contributed by atoms with Gasteiger partial charge in [0.15, 0.2) is 5.78 Å². The third kappa shape index (κ3) is 3.79. The van der Waals surface area contributed by atoms with Crippen LogP contribution in [-0.4, -0.2) is 18.2 Å². The first-order valence-corrected chi connectivity index (χ1v) is 10.5. The van der Waals surface area contributed by atoms with Crippen LogP contribution in [0.25, 0.3) is 11.1 Å². The number of carbonyl (C=O) groups excluding carboxylic acids is 2. The minimum atomic E-state index is -0.177. The second-order valence-electron chi connectivity index (χ2n) is 7.85. The van der Waals surface area contributed by atoms with Crippen molar-refractivity contribution >= 4 is 17.4 Å². The van der Waals surface area contributed by atoms with Crippen molar-refractivity contribution < 1.29 is 14.3 Å². The summed E-state index contributed by atoms with van der Waals surface area (Å²) in [6.45, 7) is 1.98. The van der Waals surface area contributed by atoms with Crippen LogP contribution in [0.2, 0.25) is 0 Å². The largest absolute Gasteiger partial charge is 0.457 e. The summed E-state index contributed by atoms with van der Waals surface area (Å²) in [5, 5.41) is 0. The van der Waals surface area contributed by atoms with E-state index in [2.05, 4.69) is 12.1 Å². The van der Waals surface area contributed by atoms with Gasteiger partial charge in [-0.1, -0.05) is 54.6 Å². The molecule has 0 unspecified atom stereocenters. The second kappa shape index (κ2) is 8.16. The average Bonchev–Trinajstić information content (AvgIpc) is 2.82. The summed E-state index contributed by atoms with van der Waals surface area (Å²) >= 11 is 0. The van der Waals surface area contributed by atoms with Crippen LogP contribution in [0.1, 0.15) is 26.3 Å². The zero-order valence-electron chi connectivity index (χ0n) is 17.6. The molecule has 4 nitrogen and oxygen atoms in total. The van der Waals surface area contributed by atoms with Crippen molar-refractivity contribution in [3.05, 3.63) is 114 Å². The molecule has 1 amide bonds. The van der Waals surface area contributed by atoms with Crippen LogP contribution in [0.5, 0.6) is 11.5 Å². The first kappa shape index (κ1) is 19.8. The lowest BCUT2D eigenvalue weighted by molar-refractivity contribution is 0.0910. The second-order valence-corrected chi connectivity index (χ2v) is 7.85. The number of rotatable bonds is 4. The number of benzene rings is 4. The molecule has 32 heavy (non-hydrogen) atoms. The number of ether oxygens (including phenoxy) is 1. The molecular weight excluding hydrogens is 398 g/mol. The van der Waals surface area contributed by atoms with Crippen molar-refractivity contribution in [3.63, 3.8) is 0 Å². The number of ketones is 1. The van der Waals surface area contributed by atoms with E-state index in [1.54, 1.807) is 18.2 Å². The van der Waals surface area contributed by atoms with Gasteiger partial charge in [-0.25, -0.2) is 0 Å². The number of hydrogen-bond acceptors (Lipinski definition) is 3. The first-order chi connectivity index (χ1) is 15.6.